The van der Waals surface area contributed by atoms with Crippen LogP contribution in [0.5, 0.6) is 11.5 Å². The van der Waals surface area contributed by atoms with E-state index < -0.39 is 0 Å². The van der Waals surface area contributed by atoms with Gasteiger partial charge in [0.2, 0.25) is 18.6 Å². The maximum absolute atomic E-state index is 12.2. The smallest absolute Gasteiger partial charge is 0.277 e. The zero-order valence-corrected chi connectivity index (χ0v) is 14.0. The van der Waals surface area contributed by atoms with Crippen molar-refractivity contribution in [3.63, 3.8) is 0 Å². The summed E-state index contributed by atoms with van der Waals surface area (Å²) in [6.07, 6.45) is 2.22. The molecule has 1 N–H and O–H groups in total. The number of fused-ring (bicyclic) bond motifs is 1. The number of hydrogen-bond acceptors (Lipinski definition) is 7. The maximum atomic E-state index is 12.2. The normalized spacial score (nSPS) is 16.9. The quantitative estimate of drug-likeness (QED) is 0.803. The third kappa shape index (κ3) is 3.33. The number of rotatable bonds is 6. The van der Waals surface area contributed by atoms with Crippen molar-refractivity contribution < 1.29 is 18.7 Å². The number of nitrogens with one attached hydrogen (secondary N) is 1. The zero-order chi connectivity index (χ0) is 16.5. The molecule has 0 bridgehead atoms. The zero-order valence-electron chi connectivity index (χ0n) is 13.2. The van der Waals surface area contributed by atoms with E-state index in [-0.39, 0.29) is 18.0 Å². The Bertz CT molecular complexity index is 760. The molecule has 1 saturated carbocycles. The van der Waals surface area contributed by atoms with Crippen LogP contribution < -0.4 is 14.8 Å². The molecule has 2 heterocycles. The minimum Gasteiger partial charge on any atom is -0.454 e. The van der Waals surface area contributed by atoms with Gasteiger partial charge in [0, 0.05) is 12.5 Å². The summed E-state index contributed by atoms with van der Waals surface area (Å²) in [5.74, 6) is 2.47. The van der Waals surface area contributed by atoms with Crippen LogP contribution in [-0.2, 0) is 11.3 Å². The predicted octanol–water partition coefficient (Wildman–Crippen LogP) is 2.47. The number of thioether (sulfide) groups is 1. The van der Waals surface area contributed by atoms with Crippen molar-refractivity contribution in [3.8, 4) is 11.5 Å². The molecular weight excluding hydrogens is 330 g/mol. The van der Waals surface area contributed by atoms with Crippen molar-refractivity contribution in [2.45, 2.75) is 42.7 Å². The Morgan fingerprint density at radius 1 is 1.33 bits per heavy atom. The van der Waals surface area contributed by atoms with Gasteiger partial charge in [0.15, 0.2) is 11.5 Å². The van der Waals surface area contributed by atoms with E-state index in [1.165, 1.54) is 11.8 Å². The SMILES string of the molecule is C[C@@H](Sc1nnc(C2CC2)o1)C(=O)NCc1ccc2c(c1)OCO2. The van der Waals surface area contributed by atoms with Gasteiger partial charge in [-0.1, -0.05) is 17.8 Å². The molecule has 1 atom stereocenters. The number of hydrogen-bond donors (Lipinski definition) is 1. The van der Waals surface area contributed by atoms with Crippen LogP contribution in [0, 0.1) is 0 Å². The molecule has 24 heavy (non-hydrogen) atoms. The second-order valence-corrected chi connectivity index (χ2v) is 7.14. The number of benzene rings is 1. The summed E-state index contributed by atoms with van der Waals surface area (Å²) in [5, 5.41) is 11.1. The van der Waals surface area contributed by atoms with Gasteiger partial charge in [-0.3, -0.25) is 4.79 Å². The first-order valence-corrected chi connectivity index (χ1v) is 8.73. The highest BCUT2D eigenvalue weighted by Gasteiger charge is 2.30. The maximum Gasteiger partial charge on any atom is 0.277 e. The van der Waals surface area contributed by atoms with E-state index in [0.29, 0.717) is 29.3 Å². The lowest BCUT2D eigenvalue weighted by atomic mass is 10.2. The fourth-order valence-corrected chi connectivity index (χ4v) is 3.07. The first-order chi connectivity index (χ1) is 11.7. The third-order valence-corrected chi connectivity index (χ3v) is 4.83. The van der Waals surface area contributed by atoms with Gasteiger partial charge in [-0.05, 0) is 37.5 Å². The largest absolute Gasteiger partial charge is 0.454 e. The summed E-state index contributed by atoms with van der Waals surface area (Å²) in [6, 6.07) is 5.63. The first-order valence-electron chi connectivity index (χ1n) is 7.85. The van der Waals surface area contributed by atoms with Crippen molar-refractivity contribution in [2.75, 3.05) is 6.79 Å². The molecule has 126 valence electrons. The minimum atomic E-state index is -0.313. The Morgan fingerprint density at radius 2 is 2.17 bits per heavy atom. The monoisotopic (exact) mass is 347 g/mol. The van der Waals surface area contributed by atoms with Crippen LogP contribution in [0.4, 0.5) is 0 Å². The number of aromatic nitrogens is 2. The van der Waals surface area contributed by atoms with Gasteiger partial charge < -0.3 is 19.2 Å². The molecule has 8 heteroatoms. The third-order valence-electron chi connectivity index (χ3n) is 3.90. The lowest BCUT2D eigenvalue weighted by molar-refractivity contribution is -0.120. The summed E-state index contributed by atoms with van der Waals surface area (Å²) in [4.78, 5) is 12.2. The van der Waals surface area contributed by atoms with E-state index in [0.717, 1.165) is 24.2 Å². The molecule has 0 radical (unpaired) electrons. The molecule has 0 spiro atoms. The molecule has 1 aliphatic carbocycles. The molecule has 0 unspecified atom stereocenters. The van der Waals surface area contributed by atoms with Crippen LogP contribution in [0.15, 0.2) is 27.8 Å². The highest BCUT2D eigenvalue weighted by molar-refractivity contribution is 8.00. The molecule has 0 saturated heterocycles. The van der Waals surface area contributed by atoms with Crippen LogP contribution >= 0.6 is 11.8 Å². The van der Waals surface area contributed by atoms with Gasteiger partial charge in [0.1, 0.15) is 0 Å². The Labute approximate surface area is 143 Å². The summed E-state index contributed by atoms with van der Waals surface area (Å²) in [6.45, 7) is 2.49. The Kier molecular flexibility index (Phi) is 4.05. The summed E-state index contributed by atoms with van der Waals surface area (Å²) in [5.41, 5.74) is 0.957. The Morgan fingerprint density at radius 3 is 3.00 bits per heavy atom. The second-order valence-electron chi connectivity index (χ2n) is 5.85. The van der Waals surface area contributed by atoms with E-state index in [1.807, 2.05) is 25.1 Å². The topological polar surface area (TPSA) is 86.5 Å². The second kappa shape index (κ2) is 6.35. The van der Waals surface area contributed by atoms with Crippen molar-refractivity contribution in [1.82, 2.24) is 15.5 Å². The standard InChI is InChI=1S/C16H17N3O4S/c1-9(24-16-19-18-15(23-16)11-3-4-11)14(20)17-7-10-2-5-12-13(6-10)22-8-21-12/h2,5-6,9,11H,3-4,7-8H2,1H3,(H,17,20)/t9-/m1/s1. The fourth-order valence-electron chi connectivity index (χ4n) is 2.35. The van der Waals surface area contributed by atoms with Crippen molar-refractivity contribution in [3.05, 3.63) is 29.7 Å². The molecule has 1 aromatic heterocycles. The first kappa shape index (κ1) is 15.3. The summed E-state index contributed by atoms with van der Waals surface area (Å²) >= 11 is 1.28. The van der Waals surface area contributed by atoms with Crippen molar-refractivity contribution in [2.24, 2.45) is 0 Å². The number of ether oxygens (including phenoxy) is 2. The van der Waals surface area contributed by atoms with E-state index in [2.05, 4.69) is 15.5 Å². The van der Waals surface area contributed by atoms with Crippen LogP contribution in [0.2, 0.25) is 0 Å². The lowest BCUT2D eigenvalue weighted by Crippen LogP contribution is -2.30. The molecule has 2 aliphatic rings. The van der Waals surface area contributed by atoms with E-state index in [1.54, 1.807) is 0 Å². The fraction of sp³-hybridized carbons (Fsp3) is 0.438. The molecule has 2 aromatic rings. The highest BCUT2D eigenvalue weighted by Crippen LogP contribution is 2.40. The average Bonchev–Trinajstić information content (AvgIpc) is 3.15. The predicted molar refractivity (Wildman–Crippen MR) is 86.0 cm³/mol. The van der Waals surface area contributed by atoms with Gasteiger partial charge in [0.25, 0.3) is 5.22 Å². The molecule has 4 rings (SSSR count). The van der Waals surface area contributed by atoms with Crippen LogP contribution in [-0.4, -0.2) is 28.1 Å². The van der Waals surface area contributed by atoms with Crippen molar-refractivity contribution >= 4 is 17.7 Å². The van der Waals surface area contributed by atoms with E-state index in [9.17, 15) is 4.79 Å². The van der Waals surface area contributed by atoms with Crippen molar-refractivity contribution in [1.29, 1.82) is 0 Å². The number of nitrogens with zero attached hydrogens (tertiary/aromatic N) is 2. The van der Waals surface area contributed by atoms with E-state index in [4.69, 9.17) is 13.9 Å². The molecule has 1 aromatic carbocycles. The molecule has 7 nitrogen and oxygen atoms in total. The minimum absolute atomic E-state index is 0.0798. The average molecular weight is 347 g/mol. The summed E-state index contributed by atoms with van der Waals surface area (Å²) in [7, 11) is 0. The molecular formula is C16H17N3O4S. The number of amides is 1. The molecule has 1 aliphatic heterocycles. The highest BCUT2D eigenvalue weighted by atomic mass is 32.2. The number of carbonyl (C=O) groups is 1. The van der Waals surface area contributed by atoms with Crippen LogP contribution in [0.3, 0.4) is 0 Å². The molecule has 1 fully saturated rings. The Hall–Kier alpha value is -2.22. The lowest BCUT2D eigenvalue weighted by Gasteiger charge is -2.10. The summed E-state index contributed by atoms with van der Waals surface area (Å²) < 4.78 is 16.2. The molecule has 1 amide bonds. The van der Waals surface area contributed by atoms with Gasteiger partial charge in [-0.25, -0.2) is 0 Å². The van der Waals surface area contributed by atoms with Crippen LogP contribution in [0.25, 0.3) is 0 Å². The van der Waals surface area contributed by atoms with Gasteiger partial charge in [-0.15, -0.1) is 10.2 Å². The number of carbonyl (C=O) groups excluding carboxylic acids is 1. The van der Waals surface area contributed by atoms with Crippen LogP contribution in [0.1, 0.15) is 37.1 Å². The van der Waals surface area contributed by atoms with Gasteiger partial charge in [0.05, 0.1) is 5.25 Å². The van der Waals surface area contributed by atoms with E-state index >= 15 is 0 Å². The van der Waals surface area contributed by atoms with Gasteiger partial charge >= 0.3 is 0 Å². The Balaban J connectivity index is 1.30. The van der Waals surface area contributed by atoms with Gasteiger partial charge in [-0.2, -0.15) is 0 Å².